The fraction of sp³-hybridized carbons (Fsp3) is 0.821. The van der Waals surface area contributed by atoms with Crippen molar-refractivity contribution in [3.05, 3.63) is 24.3 Å². The lowest BCUT2D eigenvalue weighted by atomic mass is 10.0. The largest absolute Gasteiger partial charge is 0.469 e. The Labute approximate surface area is 188 Å². The molecule has 0 aromatic rings. The van der Waals surface area contributed by atoms with Gasteiger partial charge in [-0.15, -0.1) is 0 Å². The molecule has 0 saturated heterocycles. The number of unbranched alkanes of at least 4 members (excludes halogenated alkanes) is 14. The molecule has 0 aliphatic heterocycles. The summed E-state index contributed by atoms with van der Waals surface area (Å²) in [5.41, 5.74) is 0. The van der Waals surface area contributed by atoms with Gasteiger partial charge in [-0.3, -0.25) is 4.79 Å². The molecule has 0 fully saturated rings. The van der Waals surface area contributed by atoms with Crippen molar-refractivity contribution in [1.29, 1.82) is 0 Å². The Morgan fingerprint density at radius 2 is 1.00 bits per heavy atom. The molecule has 0 amide bonds. The summed E-state index contributed by atoms with van der Waals surface area (Å²) in [6.07, 6.45) is 33.5. The van der Waals surface area contributed by atoms with E-state index in [2.05, 4.69) is 42.9 Å². The number of esters is 1. The van der Waals surface area contributed by atoms with Crippen molar-refractivity contribution in [2.24, 2.45) is 5.92 Å². The molecular formula is C28H52O2. The van der Waals surface area contributed by atoms with Crippen LogP contribution in [-0.4, -0.2) is 13.1 Å². The first kappa shape index (κ1) is 28.9. The lowest BCUT2D eigenvalue weighted by Crippen LogP contribution is -1.98. The molecule has 0 atom stereocenters. The standard InChI is InChI=1S/C28H52O2/c1-27(2)25-23-21-19-17-15-13-11-9-7-5-4-6-8-10-12-14-16-18-20-22-24-26-28(29)30-3/h10,12,18,20,27H,4-9,11,13-17,19,21-26H2,1-3H3. The first-order valence-corrected chi connectivity index (χ1v) is 13.0. The fourth-order valence-electron chi connectivity index (χ4n) is 3.71. The minimum atomic E-state index is -0.107. The van der Waals surface area contributed by atoms with E-state index in [1.54, 1.807) is 0 Å². The Bertz CT molecular complexity index is 409. The van der Waals surface area contributed by atoms with E-state index in [1.165, 1.54) is 97.0 Å². The highest BCUT2D eigenvalue weighted by Gasteiger charge is 1.97. The van der Waals surface area contributed by atoms with E-state index < -0.39 is 0 Å². The lowest BCUT2D eigenvalue weighted by Gasteiger charge is -2.04. The van der Waals surface area contributed by atoms with Crippen LogP contribution >= 0.6 is 0 Å². The second-order valence-corrected chi connectivity index (χ2v) is 9.20. The average Bonchev–Trinajstić information content (AvgIpc) is 2.73. The molecule has 0 aromatic heterocycles. The SMILES string of the molecule is COC(=O)CCCC=CCCC=CCCCCCCCCCCCCCCC(C)C. The number of hydrogen-bond acceptors (Lipinski definition) is 2. The van der Waals surface area contributed by atoms with Crippen molar-refractivity contribution in [2.45, 2.75) is 136 Å². The van der Waals surface area contributed by atoms with Gasteiger partial charge in [0.05, 0.1) is 7.11 Å². The topological polar surface area (TPSA) is 26.3 Å². The number of carbonyl (C=O) groups is 1. The molecule has 2 heteroatoms. The predicted molar refractivity (Wildman–Crippen MR) is 133 cm³/mol. The van der Waals surface area contributed by atoms with Crippen LogP contribution in [0.4, 0.5) is 0 Å². The van der Waals surface area contributed by atoms with E-state index in [0.29, 0.717) is 6.42 Å². The molecule has 2 nitrogen and oxygen atoms in total. The van der Waals surface area contributed by atoms with Crippen LogP contribution in [-0.2, 0) is 9.53 Å². The molecule has 0 aromatic carbocycles. The number of allylic oxidation sites excluding steroid dienone is 4. The molecule has 0 aliphatic rings. The van der Waals surface area contributed by atoms with Crippen LogP contribution in [0.25, 0.3) is 0 Å². The first-order chi connectivity index (χ1) is 14.7. The van der Waals surface area contributed by atoms with Crippen molar-refractivity contribution in [3.63, 3.8) is 0 Å². The van der Waals surface area contributed by atoms with Gasteiger partial charge in [0, 0.05) is 6.42 Å². The van der Waals surface area contributed by atoms with Gasteiger partial charge in [-0.25, -0.2) is 0 Å². The van der Waals surface area contributed by atoms with Crippen LogP contribution in [0.2, 0.25) is 0 Å². The average molecular weight is 421 g/mol. The van der Waals surface area contributed by atoms with E-state index >= 15 is 0 Å². The number of methoxy groups -OCH3 is 1. The van der Waals surface area contributed by atoms with Gasteiger partial charge in [-0.1, -0.05) is 115 Å². The Morgan fingerprint density at radius 3 is 1.47 bits per heavy atom. The number of hydrogen-bond donors (Lipinski definition) is 0. The van der Waals surface area contributed by atoms with E-state index in [9.17, 15) is 4.79 Å². The summed E-state index contributed by atoms with van der Waals surface area (Å²) in [4.78, 5) is 11.0. The fourth-order valence-corrected chi connectivity index (χ4v) is 3.71. The minimum absolute atomic E-state index is 0.107. The highest BCUT2D eigenvalue weighted by Crippen LogP contribution is 2.14. The number of carbonyl (C=O) groups excluding carboxylic acids is 1. The third kappa shape index (κ3) is 25.0. The maximum atomic E-state index is 11.0. The van der Waals surface area contributed by atoms with E-state index in [-0.39, 0.29) is 5.97 Å². The molecule has 0 saturated carbocycles. The van der Waals surface area contributed by atoms with Crippen LogP contribution in [0.15, 0.2) is 24.3 Å². The Hall–Kier alpha value is -1.05. The van der Waals surface area contributed by atoms with Gasteiger partial charge in [-0.05, 0) is 44.4 Å². The number of ether oxygens (including phenoxy) is 1. The van der Waals surface area contributed by atoms with Crippen LogP contribution in [0.1, 0.15) is 136 Å². The second-order valence-electron chi connectivity index (χ2n) is 9.20. The van der Waals surface area contributed by atoms with Gasteiger partial charge in [0.25, 0.3) is 0 Å². The molecule has 0 unspecified atom stereocenters. The molecule has 0 rings (SSSR count). The van der Waals surface area contributed by atoms with Gasteiger partial charge in [0.15, 0.2) is 0 Å². The molecule has 0 N–H and O–H groups in total. The highest BCUT2D eigenvalue weighted by molar-refractivity contribution is 5.69. The van der Waals surface area contributed by atoms with Crippen molar-refractivity contribution >= 4 is 5.97 Å². The molecule has 0 radical (unpaired) electrons. The zero-order valence-electron chi connectivity index (χ0n) is 20.6. The quantitative estimate of drug-likeness (QED) is 0.0990. The minimum Gasteiger partial charge on any atom is -0.469 e. The summed E-state index contributed by atoms with van der Waals surface area (Å²) in [6, 6.07) is 0. The summed E-state index contributed by atoms with van der Waals surface area (Å²) >= 11 is 0. The highest BCUT2D eigenvalue weighted by atomic mass is 16.5. The molecule has 0 heterocycles. The Balaban J connectivity index is 3.17. The van der Waals surface area contributed by atoms with Crippen LogP contribution in [0, 0.1) is 5.92 Å². The lowest BCUT2D eigenvalue weighted by molar-refractivity contribution is -0.140. The normalized spacial score (nSPS) is 11.9. The molecule has 30 heavy (non-hydrogen) atoms. The number of rotatable bonds is 22. The smallest absolute Gasteiger partial charge is 0.305 e. The van der Waals surface area contributed by atoms with Crippen LogP contribution in [0.3, 0.4) is 0 Å². The summed E-state index contributed by atoms with van der Waals surface area (Å²) < 4.78 is 4.63. The maximum absolute atomic E-state index is 11.0. The summed E-state index contributed by atoms with van der Waals surface area (Å²) in [6.45, 7) is 4.66. The summed E-state index contributed by atoms with van der Waals surface area (Å²) in [5.74, 6) is 0.773. The molecular weight excluding hydrogens is 368 g/mol. The first-order valence-electron chi connectivity index (χ1n) is 13.0. The van der Waals surface area contributed by atoms with Crippen molar-refractivity contribution in [3.8, 4) is 0 Å². The summed E-state index contributed by atoms with van der Waals surface area (Å²) in [5, 5.41) is 0. The van der Waals surface area contributed by atoms with Gasteiger partial charge in [0.2, 0.25) is 0 Å². The van der Waals surface area contributed by atoms with Crippen molar-refractivity contribution in [2.75, 3.05) is 7.11 Å². The zero-order chi connectivity index (χ0) is 22.1. The summed E-state index contributed by atoms with van der Waals surface area (Å²) in [7, 11) is 1.45. The third-order valence-electron chi connectivity index (χ3n) is 5.71. The van der Waals surface area contributed by atoms with E-state index in [0.717, 1.165) is 31.6 Å². The zero-order valence-corrected chi connectivity index (χ0v) is 20.6. The van der Waals surface area contributed by atoms with Gasteiger partial charge >= 0.3 is 5.97 Å². The Morgan fingerprint density at radius 1 is 0.600 bits per heavy atom. The Kier molecular flexibility index (Phi) is 23.4. The van der Waals surface area contributed by atoms with Crippen LogP contribution < -0.4 is 0 Å². The molecule has 0 aliphatic carbocycles. The van der Waals surface area contributed by atoms with Gasteiger partial charge in [0.1, 0.15) is 0 Å². The second kappa shape index (κ2) is 24.2. The predicted octanol–water partition coefficient (Wildman–Crippen LogP) is 9.34. The van der Waals surface area contributed by atoms with Crippen molar-refractivity contribution < 1.29 is 9.53 Å². The third-order valence-corrected chi connectivity index (χ3v) is 5.71. The van der Waals surface area contributed by atoms with Gasteiger partial charge < -0.3 is 4.74 Å². The van der Waals surface area contributed by atoms with Crippen LogP contribution in [0.5, 0.6) is 0 Å². The van der Waals surface area contributed by atoms with E-state index in [4.69, 9.17) is 0 Å². The van der Waals surface area contributed by atoms with E-state index in [1.807, 2.05) is 0 Å². The molecule has 176 valence electrons. The van der Waals surface area contributed by atoms with Gasteiger partial charge in [-0.2, -0.15) is 0 Å². The molecule has 0 spiro atoms. The molecule has 0 bridgehead atoms. The maximum Gasteiger partial charge on any atom is 0.305 e. The monoisotopic (exact) mass is 420 g/mol. The van der Waals surface area contributed by atoms with Crippen molar-refractivity contribution in [1.82, 2.24) is 0 Å².